The molecule has 136 valence electrons. The van der Waals surface area contributed by atoms with Crippen LogP contribution in [0.15, 0.2) is 0 Å². The quantitative estimate of drug-likeness (QED) is 0.551. The molecule has 0 aromatic rings. The molecule has 4 aliphatic carbocycles. The fourth-order valence-electron chi connectivity index (χ4n) is 7.86. The van der Waals surface area contributed by atoms with Crippen LogP contribution in [0.5, 0.6) is 0 Å². The molecule has 1 heterocycles. The number of rotatable bonds is 1. The first-order valence-corrected chi connectivity index (χ1v) is 9.34. The van der Waals surface area contributed by atoms with Crippen LogP contribution in [0.1, 0.15) is 52.4 Å². The summed E-state index contributed by atoms with van der Waals surface area (Å²) >= 11 is 0. The molecule has 0 amide bonds. The van der Waals surface area contributed by atoms with E-state index in [1.165, 1.54) is 0 Å². The zero-order chi connectivity index (χ0) is 18.0. The smallest absolute Gasteiger partial charge is 0.320 e. The highest BCUT2D eigenvalue weighted by molar-refractivity contribution is 6.07. The third-order valence-electron chi connectivity index (χ3n) is 8.78. The molecule has 0 aromatic heterocycles. The lowest BCUT2D eigenvalue weighted by Crippen LogP contribution is -2.51. The Morgan fingerprint density at radius 1 is 1.28 bits per heavy atom. The maximum Gasteiger partial charge on any atom is 0.320 e. The molecule has 1 saturated heterocycles. The van der Waals surface area contributed by atoms with Gasteiger partial charge in [0.05, 0.1) is 11.5 Å². The third kappa shape index (κ3) is 1.40. The first-order valence-electron chi connectivity index (χ1n) is 9.34. The molecule has 25 heavy (non-hydrogen) atoms. The number of hydrogen-bond acceptors (Lipinski definition) is 5. The van der Waals surface area contributed by atoms with E-state index in [0.29, 0.717) is 32.1 Å². The standard InChI is InChI=1S/C19H24O6/c1-9-7-17-8-18(9,24)5-3-10(17)19-6-4-11(20)16(2,15(23)25-19)13(19)12(17)14(21)22/h9-10,12-13,24H,3-8H2,1-2H3,(H,21,22)/t9-,10+,12?,13+,16-,17-,18-,19+/m0/s1. The van der Waals surface area contributed by atoms with E-state index in [2.05, 4.69) is 0 Å². The number of carboxylic acids is 1. The van der Waals surface area contributed by atoms with Crippen LogP contribution in [0.4, 0.5) is 0 Å². The van der Waals surface area contributed by atoms with Crippen molar-refractivity contribution in [1.29, 1.82) is 0 Å². The van der Waals surface area contributed by atoms with E-state index in [0.717, 1.165) is 0 Å². The van der Waals surface area contributed by atoms with Crippen molar-refractivity contribution >= 4 is 17.7 Å². The second-order valence-electron chi connectivity index (χ2n) is 9.47. The Hall–Kier alpha value is -1.43. The highest BCUT2D eigenvalue weighted by Gasteiger charge is 2.84. The fraction of sp³-hybridized carbons (Fsp3) is 0.842. The molecule has 1 unspecified atom stereocenters. The summed E-state index contributed by atoms with van der Waals surface area (Å²) in [6.07, 6.45) is 3.06. The Morgan fingerprint density at radius 2 is 2.00 bits per heavy atom. The monoisotopic (exact) mass is 348 g/mol. The molecule has 8 atom stereocenters. The number of esters is 1. The van der Waals surface area contributed by atoms with Crippen molar-refractivity contribution in [3.05, 3.63) is 0 Å². The van der Waals surface area contributed by atoms with Gasteiger partial charge in [0.1, 0.15) is 11.0 Å². The SMILES string of the molecule is C[C@H]1C[C@]23C[C@@]1(O)CC[C@H]2[C@@]12CCC(=O)[C@](C)(C(=O)O1)[C@H]2C3C(=O)O. The molecule has 5 aliphatic rings. The van der Waals surface area contributed by atoms with Crippen molar-refractivity contribution in [2.75, 3.05) is 0 Å². The molecule has 4 bridgehead atoms. The Labute approximate surface area is 145 Å². The van der Waals surface area contributed by atoms with Crippen LogP contribution in [-0.4, -0.2) is 39.1 Å². The highest BCUT2D eigenvalue weighted by atomic mass is 16.6. The summed E-state index contributed by atoms with van der Waals surface area (Å²) in [4.78, 5) is 37.8. The minimum Gasteiger partial charge on any atom is -0.481 e. The first kappa shape index (κ1) is 15.8. The van der Waals surface area contributed by atoms with E-state index in [1.807, 2.05) is 6.92 Å². The van der Waals surface area contributed by atoms with Gasteiger partial charge in [0.2, 0.25) is 0 Å². The van der Waals surface area contributed by atoms with Gasteiger partial charge in [0, 0.05) is 18.3 Å². The maximum absolute atomic E-state index is 12.7. The minimum absolute atomic E-state index is 0.0219. The third-order valence-corrected chi connectivity index (χ3v) is 8.78. The molecule has 4 saturated carbocycles. The molecule has 6 heteroatoms. The van der Waals surface area contributed by atoms with Crippen LogP contribution in [0, 0.1) is 34.5 Å². The lowest BCUT2D eigenvalue weighted by molar-refractivity contribution is -0.163. The number of Topliss-reactive ketones (excluding diaryl/α,β-unsaturated/α-hetero) is 1. The van der Waals surface area contributed by atoms with E-state index in [4.69, 9.17) is 4.74 Å². The van der Waals surface area contributed by atoms with Crippen molar-refractivity contribution in [2.45, 2.75) is 63.6 Å². The summed E-state index contributed by atoms with van der Waals surface area (Å²) in [5, 5.41) is 21.2. The van der Waals surface area contributed by atoms with Gasteiger partial charge in [-0.05, 0) is 50.4 Å². The van der Waals surface area contributed by atoms with Gasteiger partial charge in [-0.1, -0.05) is 6.92 Å². The molecule has 0 aromatic carbocycles. The molecule has 5 rings (SSSR count). The number of carbonyl (C=O) groups is 3. The van der Waals surface area contributed by atoms with E-state index in [-0.39, 0.29) is 24.0 Å². The van der Waals surface area contributed by atoms with Gasteiger partial charge in [0.25, 0.3) is 0 Å². The number of fused-ring (bicyclic) bond motifs is 1. The molecule has 1 spiro atoms. The molecule has 1 aliphatic heterocycles. The van der Waals surface area contributed by atoms with Crippen LogP contribution < -0.4 is 0 Å². The predicted octanol–water partition coefficient (Wildman–Crippen LogP) is 1.54. The molecule has 0 radical (unpaired) electrons. The number of carboxylic acid groups (broad SMARTS) is 1. The molecule has 5 fully saturated rings. The lowest BCUT2D eigenvalue weighted by Gasteiger charge is -2.45. The Morgan fingerprint density at radius 3 is 2.68 bits per heavy atom. The average molecular weight is 348 g/mol. The Kier molecular flexibility index (Phi) is 2.59. The van der Waals surface area contributed by atoms with Crippen molar-refractivity contribution in [3.63, 3.8) is 0 Å². The topological polar surface area (TPSA) is 101 Å². The second kappa shape index (κ2) is 4.11. The molecular formula is C19H24O6. The number of aliphatic carboxylic acids is 1. The summed E-state index contributed by atoms with van der Waals surface area (Å²) < 4.78 is 5.93. The van der Waals surface area contributed by atoms with E-state index in [9.17, 15) is 24.6 Å². The van der Waals surface area contributed by atoms with Gasteiger partial charge in [-0.25, -0.2) is 0 Å². The van der Waals surface area contributed by atoms with Gasteiger partial charge in [-0.15, -0.1) is 0 Å². The van der Waals surface area contributed by atoms with Crippen molar-refractivity contribution in [1.82, 2.24) is 0 Å². The van der Waals surface area contributed by atoms with Crippen molar-refractivity contribution in [2.24, 2.45) is 34.5 Å². The first-order chi connectivity index (χ1) is 11.6. The summed E-state index contributed by atoms with van der Waals surface area (Å²) in [5.41, 5.74) is -3.59. The number of hydrogen-bond donors (Lipinski definition) is 2. The van der Waals surface area contributed by atoms with E-state index < -0.39 is 45.8 Å². The van der Waals surface area contributed by atoms with Gasteiger partial charge < -0.3 is 14.9 Å². The zero-order valence-corrected chi connectivity index (χ0v) is 14.6. The summed E-state index contributed by atoms with van der Waals surface area (Å²) in [6.45, 7) is 3.59. The maximum atomic E-state index is 12.7. The molecular weight excluding hydrogens is 324 g/mol. The summed E-state index contributed by atoms with van der Waals surface area (Å²) in [7, 11) is 0. The average Bonchev–Trinajstić information content (AvgIpc) is 2.95. The van der Waals surface area contributed by atoms with E-state index >= 15 is 0 Å². The number of ketones is 1. The summed E-state index contributed by atoms with van der Waals surface area (Å²) in [6, 6.07) is 0. The number of carbonyl (C=O) groups excluding carboxylic acids is 2. The van der Waals surface area contributed by atoms with Gasteiger partial charge in [-0.3, -0.25) is 14.4 Å². The normalized spacial score (nSPS) is 58.7. The van der Waals surface area contributed by atoms with Crippen LogP contribution in [0.3, 0.4) is 0 Å². The Balaban J connectivity index is 1.76. The predicted molar refractivity (Wildman–Crippen MR) is 84.3 cm³/mol. The van der Waals surface area contributed by atoms with Crippen LogP contribution in [0.2, 0.25) is 0 Å². The zero-order valence-electron chi connectivity index (χ0n) is 14.6. The van der Waals surface area contributed by atoms with Crippen LogP contribution >= 0.6 is 0 Å². The Bertz CT molecular complexity index is 731. The second-order valence-corrected chi connectivity index (χ2v) is 9.47. The largest absolute Gasteiger partial charge is 0.481 e. The highest BCUT2D eigenvalue weighted by Crippen LogP contribution is 2.78. The van der Waals surface area contributed by atoms with E-state index in [1.54, 1.807) is 6.92 Å². The lowest BCUT2D eigenvalue weighted by atomic mass is 9.59. The summed E-state index contributed by atoms with van der Waals surface area (Å²) in [5.74, 6) is -3.14. The number of ether oxygens (including phenoxy) is 1. The van der Waals surface area contributed by atoms with Crippen molar-refractivity contribution in [3.8, 4) is 0 Å². The minimum atomic E-state index is -1.35. The molecule has 2 N–H and O–H groups in total. The van der Waals surface area contributed by atoms with Crippen LogP contribution in [-0.2, 0) is 19.1 Å². The van der Waals surface area contributed by atoms with Gasteiger partial charge in [0.15, 0.2) is 5.78 Å². The van der Waals surface area contributed by atoms with Gasteiger partial charge in [-0.2, -0.15) is 0 Å². The number of aliphatic hydroxyl groups is 1. The fourth-order valence-corrected chi connectivity index (χ4v) is 7.86. The molecule has 6 nitrogen and oxygen atoms in total. The van der Waals surface area contributed by atoms with Gasteiger partial charge >= 0.3 is 11.9 Å². The van der Waals surface area contributed by atoms with Crippen LogP contribution in [0.25, 0.3) is 0 Å². The van der Waals surface area contributed by atoms with Crippen molar-refractivity contribution < 1.29 is 29.3 Å².